The highest BCUT2D eigenvalue weighted by atomic mass is 16.2. The molecule has 1 heterocycles. The minimum atomic E-state index is -1.20. The molecule has 25 heavy (non-hydrogen) atoms. The minimum absolute atomic E-state index is 0.124. The second kappa shape index (κ2) is 5.88. The predicted octanol–water partition coefficient (Wildman–Crippen LogP) is 1.26. The number of nitrogens with zero attached hydrogens (tertiary/aromatic N) is 2. The van der Waals surface area contributed by atoms with Crippen LogP contribution in [-0.2, 0) is 15.1 Å². The molecular weight excluding hydrogens is 320 g/mol. The maximum Gasteiger partial charge on any atom is 0.325 e. The molecule has 130 valence electrons. The number of nitrogens with one attached hydrogen (secondary N) is 2. The lowest BCUT2D eigenvalue weighted by atomic mass is 9.92. The van der Waals surface area contributed by atoms with Crippen LogP contribution in [0.3, 0.4) is 0 Å². The van der Waals surface area contributed by atoms with Crippen LogP contribution < -0.4 is 10.6 Å². The Morgan fingerprint density at radius 3 is 2.60 bits per heavy atom. The lowest BCUT2D eigenvalue weighted by Crippen LogP contribution is -2.51. The topological polar surface area (TPSA) is 102 Å². The summed E-state index contributed by atoms with van der Waals surface area (Å²) in [6.45, 7) is 2.88. The van der Waals surface area contributed by atoms with Gasteiger partial charge in [0.25, 0.3) is 5.91 Å². The molecule has 7 heteroatoms. The van der Waals surface area contributed by atoms with Crippen molar-refractivity contribution in [3.8, 4) is 6.07 Å². The Hall–Kier alpha value is -2.88. The Kier molecular flexibility index (Phi) is 3.99. The third-order valence-corrected chi connectivity index (χ3v) is 4.95. The Morgan fingerprint density at radius 1 is 1.40 bits per heavy atom. The van der Waals surface area contributed by atoms with E-state index in [1.807, 2.05) is 6.07 Å². The van der Waals surface area contributed by atoms with Crippen LogP contribution in [-0.4, -0.2) is 34.8 Å². The van der Waals surface area contributed by atoms with E-state index >= 15 is 0 Å². The third-order valence-electron chi connectivity index (χ3n) is 4.95. The van der Waals surface area contributed by atoms with Crippen LogP contribution in [0.2, 0.25) is 0 Å². The van der Waals surface area contributed by atoms with Crippen molar-refractivity contribution in [3.05, 3.63) is 35.9 Å². The number of hydrogen-bond acceptors (Lipinski definition) is 4. The number of nitriles is 1. The van der Waals surface area contributed by atoms with Gasteiger partial charge in [0.05, 0.1) is 6.07 Å². The normalized spacial score (nSPS) is 25.1. The summed E-state index contributed by atoms with van der Waals surface area (Å²) in [5.74, 6) is -0.875. The molecule has 4 amide bonds. The number of carbonyl (C=O) groups is 3. The molecule has 1 aromatic carbocycles. The number of amides is 4. The van der Waals surface area contributed by atoms with E-state index in [4.69, 9.17) is 0 Å². The van der Waals surface area contributed by atoms with Crippen molar-refractivity contribution in [2.75, 3.05) is 6.54 Å². The van der Waals surface area contributed by atoms with Gasteiger partial charge in [-0.25, -0.2) is 4.79 Å². The fourth-order valence-electron chi connectivity index (χ4n) is 3.16. The van der Waals surface area contributed by atoms with Gasteiger partial charge < -0.3 is 10.6 Å². The lowest BCUT2D eigenvalue weighted by Gasteiger charge is -2.25. The van der Waals surface area contributed by atoms with E-state index < -0.39 is 35.5 Å². The second-order valence-electron chi connectivity index (χ2n) is 6.95. The summed E-state index contributed by atoms with van der Waals surface area (Å²) in [4.78, 5) is 38.2. The zero-order chi connectivity index (χ0) is 18.2. The summed E-state index contributed by atoms with van der Waals surface area (Å²) in [5, 5.41) is 14.6. The van der Waals surface area contributed by atoms with Gasteiger partial charge in [0.15, 0.2) is 0 Å². The van der Waals surface area contributed by atoms with Crippen LogP contribution in [0.1, 0.15) is 32.3 Å². The van der Waals surface area contributed by atoms with Crippen molar-refractivity contribution >= 4 is 17.8 Å². The SMILES string of the molecule is C[C@@]1(c2ccccc2)NC(=O)N(CC(=O)N[C@@](C)(C#N)C2CC2)C1=O. The summed E-state index contributed by atoms with van der Waals surface area (Å²) < 4.78 is 0. The highest BCUT2D eigenvalue weighted by Gasteiger charge is 2.50. The van der Waals surface area contributed by atoms with Gasteiger partial charge in [-0.3, -0.25) is 14.5 Å². The van der Waals surface area contributed by atoms with Gasteiger partial charge in [-0.05, 0) is 38.2 Å². The van der Waals surface area contributed by atoms with Crippen LogP contribution in [0, 0.1) is 17.2 Å². The molecule has 2 atom stereocenters. The number of benzene rings is 1. The average Bonchev–Trinajstić information content (AvgIpc) is 3.42. The quantitative estimate of drug-likeness (QED) is 0.788. The molecule has 1 aromatic rings. The maximum absolute atomic E-state index is 12.8. The van der Waals surface area contributed by atoms with Gasteiger partial charge in [0.1, 0.15) is 17.6 Å². The second-order valence-corrected chi connectivity index (χ2v) is 6.95. The third kappa shape index (κ3) is 2.95. The first-order valence-corrected chi connectivity index (χ1v) is 8.22. The molecule has 1 aliphatic carbocycles. The Morgan fingerprint density at radius 2 is 2.04 bits per heavy atom. The van der Waals surface area contributed by atoms with Gasteiger partial charge >= 0.3 is 6.03 Å². The van der Waals surface area contributed by atoms with E-state index in [2.05, 4.69) is 16.7 Å². The molecular formula is C18H20N4O3. The van der Waals surface area contributed by atoms with Gasteiger partial charge in [-0.2, -0.15) is 5.26 Å². The minimum Gasteiger partial charge on any atom is -0.336 e. The molecule has 7 nitrogen and oxygen atoms in total. The molecule has 0 aromatic heterocycles. The summed E-state index contributed by atoms with van der Waals surface area (Å²) in [6.07, 6.45) is 1.78. The number of carbonyl (C=O) groups excluding carboxylic acids is 3. The molecule has 1 saturated carbocycles. The van der Waals surface area contributed by atoms with Crippen LogP contribution >= 0.6 is 0 Å². The molecule has 0 spiro atoms. The molecule has 3 rings (SSSR count). The summed E-state index contributed by atoms with van der Waals surface area (Å²) in [5.41, 5.74) is -1.51. The van der Waals surface area contributed by atoms with Gasteiger partial charge in [0.2, 0.25) is 5.91 Å². The highest BCUT2D eigenvalue weighted by molar-refractivity contribution is 6.09. The zero-order valence-electron chi connectivity index (χ0n) is 14.2. The van der Waals surface area contributed by atoms with E-state index in [9.17, 15) is 19.6 Å². The zero-order valence-corrected chi connectivity index (χ0v) is 14.2. The predicted molar refractivity (Wildman–Crippen MR) is 88.9 cm³/mol. The number of urea groups is 1. The van der Waals surface area contributed by atoms with Gasteiger partial charge in [-0.15, -0.1) is 0 Å². The monoisotopic (exact) mass is 340 g/mol. The van der Waals surface area contributed by atoms with Crippen molar-refractivity contribution in [3.63, 3.8) is 0 Å². The van der Waals surface area contributed by atoms with Crippen LogP contribution in [0.15, 0.2) is 30.3 Å². The maximum atomic E-state index is 12.8. The van der Waals surface area contributed by atoms with E-state index in [1.54, 1.807) is 38.1 Å². The first kappa shape index (κ1) is 17.0. The van der Waals surface area contributed by atoms with Crippen molar-refractivity contribution in [1.82, 2.24) is 15.5 Å². The molecule has 1 aliphatic heterocycles. The molecule has 2 aliphatic rings. The molecule has 2 N–H and O–H groups in total. The van der Waals surface area contributed by atoms with Crippen LogP contribution in [0.25, 0.3) is 0 Å². The Labute approximate surface area is 146 Å². The first-order chi connectivity index (χ1) is 11.8. The molecule has 1 saturated heterocycles. The number of imide groups is 1. The van der Waals surface area contributed by atoms with Crippen molar-refractivity contribution < 1.29 is 14.4 Å². The molecule has 0 radical (unpaired) electrons. The van der Waals surface area contributed by atoms with Crippen molar-refractivity contribution in [1.29, 1.82) is 5.26 Å². The lowest BCUT2D eigenvalue weighted by molar-refractivity contribution is -0.135. The van der Waals surface area contributed by atoms with E-state index in [-0.39, 0.29) is 5.92 Å². The standard InChI is InChI=1S/C18H20N4O3/c1-17(11-19,12-8-9-12)20-14(23)10-22-15(24)18(2,21-16(22)25)13-6-4-3-5-7-13/h3-7,12H,8-10H2,1-2H3,(H,20,23)(H,21,25)/t17-,18-/m0/s1. The van der Waals surface area contributed by atoms with Crippen LogP contribution in [0.5, 0.6) is 0 Å². The number of rotatable bonds is 5. The summed E-state index contributed by atoms with van der Waals surface area (Å²) in [6, 6.07) is 10.4. The molecule has 0 bridgehead atoms. The average molecular weight is 340 g/mol. The van der Waals surface area contributed by atoms with Gasteiger partial charge in [-0.1, -0.05) is 30.3 Å². The van der Waals surface area contributed by atoms with E-state index in [1.165, 1.54) is 0 Å². The first-order valence-electron chi connectivity index (χ1n) is 8.22. The molecule has 0 unspecified atom stereocenters. The summed E-state index contributed by atoms with van der Waals surface area (Å²) >= 11 is 0. The smallest absolute Gasteiger partial charge is 0.325 e. The fraction of sp³-hybridized carbons (Fsp3) is 0.444. The summed E-state index contributed by atoms with van der Waals surface area (Å²) in [7, 11) is 0. The number of hydrogen-bond donors (Lipinski definition) is 2. The largest absolute Gasteiger partial charge is 0.336 e. The Bertz CT molecular complexity index is 768. The van der Waals surface area contributed by atoms with E-state index in [0.29, 0.717) is 5.56 Å². The molecule has 2 fully saturated rings. The van der Waals surface area contributed by atoms with E-state index in [0.717, 1.165) is 17.7 Å². The van der Waals surface area contributed by atoms with Crippen molar-refractivity contribution in [2.24, 2.45) is 5.92 Å². The van der Waals surface area contributed by atoms with Crippen molar-refractivity contribution in [2.45, 2.75) is 37.8 Å². The van der Waals surface area contributed by atoms with Gasteiger partial charge in [0, 0.05) is 0 Å². The Balaban J connectivity index is 1.73. The van der Waals surface area contributed by atoms with Crippen LogP contribution in [0.4, 0.5) is 4.79 Å². The highest BCUT2D eigenvalue weighted by Crippen LogP contribution is 2.39. The fourth-order valence-corrected chi connectivity index (χ4v) is 3.16.